The number of nitrogens with zero attached hydrogens (tertiary/aromatic N) is 1. The molecule has 4 rings (SSSR count). The highest BCUT2D eigenvalue weighted by Crippen LogP contribution is 2.36. The van der Waals surface area contributed by atoms with E-state index in [1.54, 1.807) is 72.8 Å². The third kappa shape index (κ3) is 4.25. The van der Waals surface area contributed by atoms with Gasteiger partial charge in [0.25, 0.3) is 5.91 Å². The maximum Gasteiger partial charge on any atom is 0.335 e. The van der Waals surface area contributed by atoms with Crippen molar-refractivity contribution >= 4 is 29.2 Å². The molecule has 0 spiro atoms. The highest BCUT2D eigenvalue weighted by atomic mass is 16.5. The molecule has 1 heterocycles. The SMILES string of the molecule is COc1ccc(C(=O)N2c3ccccc3OC(=O)[C@H]2CC(=O)Nc2ccccc2)cc1. The Morgan fingerprint density at radius 3 is 2.35 bits per heavy atom. The number of carbonyl (C=O) groups is 3. The van der Waals surface area contributed by atoms with Crippen LogP contribution in [0.1, 0.15) is 16.8 Å². The zero-order valence-corrected chi connectivity index (χ0v) is 16.8. The van der Waals surface area contributed by atoms with Crippen molar-refractivity contribution in [3.8, 4) is 11.5 Å². The summed E-state index contributed by atoms with van der Waals surface area (Å²) in [5.41, 5.74) is 1.39. The zero-order chi connectivity index (χ0) is 21.8. The summed E-state index contributed by atoms with van der Waals surface area (Å²) in [6.45, 7) is 0. The Labute approximate surface area is 179 Å². The van der Waals surface area contributed by atoms with Gasteiger partial charge >= 0.3 is 5.97 Å². The van der Waals surface area contributed by atoms with Crippen LogP contribution in [0.4, 0.5) is 11.4 Å². The number of fused-ring (bicyclic) bond motifs is 1. The first-order chi connectivity index (χ1) is 15.1. The first-order valence-electron chi connectivity index (χ1n) is 9.70. The molecule has 0 saturated heterocycles. The van der Waals surface area contributed by atoms with Crippen molar-refractivity contribution in [1.29, 1.82) is 0 Å². The van der Waals surface area contributed by atoms with Crippen LogP contribution in [0.2, 0.25) is 0 Å². The number of nitrogens with one attached hydrogen (secondary N) is 1. The molecule has 7 nitrogen and oxygen atoms in total. The molecule has 0 saturated carbocycles. The lowest BCUT2D eigenvalue weighted by atomic mass is 10.0. The number of benzene rings is 3. The highest BCUT2D eigenvalue weighted by Gasteiger charge is 2.40. The Kier molecular flexibility index (Phi) is 5.66. The number of para-hydroxylation sites is 3. The lowest BCUT2D eigenvalue weighted by molar-refractivity contribution is -0.138. The number of carbonyl (C=O) groups excluding carboxylic acids is 3. The molecule has 0 aliphatic carbocycles. The van der Waals surface area contributed by atoms with Crippen molar-refractivity contribution in [1.82, 2.24) is 0 Å². The molecule has 7 heteroatoms. The molecule has 1 aliphatic heterocycles. The van der Waals surface area contributed by atoms with Crippen LogP contribution in [-0.4, -0.2) is 30.9 Å². The number of esters is 1. The Morgan fingerprint density at radius 2 is 1.65 bits per heavy atom. The summed E-state index contributed by atoms with van der Waals surface area (Å²) < 4.78 is 10.6. The van der Waals surface area contributed by atoms with E-state index in [0.717, 1.165) is 0 Å². The first-order valence-corrected chi connectivity index (χ1v) is 9.70. The summed E-state index contributed by atoms with van der Waals surface area (Å²) in [4.78, 5) is 40.2. The monoisotopic (exact) mass is 416 g/mol. The largest absolute Gasteiger partial charge is 0.497 e. The van der Waals surface area contributed by atoms with Gasteiger partial charge in [0.1, 0.15) is 11.8 Å². The van der Waals surface area contributed by atoms with Crippen LogP contribution >= 0.6 is 0 Å². The second kappa shape index (κ2) is 8.71. The Balaban J connectivity index is 1.65. The molecule has 1 aliphatic rings. The fourth-order valence-corrected chi connectivity index (χ4v) is 3.40. The number of anilines is 2. The Bertz CT molecular complexity index is 1110. The van der Waals surface area contributed by atoms with Gasteiger partial charge in [0.2, 0.25) is 5.91 Å². The van der Waals surface area contributed by atoms with Crippen LogP contribution in [0, 0.1) is 0 Å². The average Bonchev–Trinajstić information content (AvgIpc) is 2.80. The van der Waals surface area contributed by atoms with Crippen LogP contribution in [0.25, 0.3) is 0 Å². The fraction of sp³-hybridized carbons (Fsp3) is 0.125. The van der Waals surface area contributed by atoms with Gasteiger partial charge in [0, 0.05) is 11.3 Å². The summed E-state index contributed by atoms with van der Waals surface area (Å²) in [5.74, 6) is -0.601. The van der Waals surface area contributed by atoms with E-state index < -0.39 is 23.8 Å². The van der Waals surface area contributed by atoms with Gasteiger partial charge in [-0.15, -0.1) is 0 Å². The number of hydrogen-bond acceptors (Lipinski definition) is 5. The highest BCUT2D eigenvalue weighted by molar-refractivity contribution is 6.13. The smallest absolute Gasteiger partial charge is 0.335 e. The molecular formula is C24H20N2O5. The minimum atomic E-state index is -1.10. The lowest BCUT2D eigenvalue weighted by Gasteiger charge is -2.35. The standard InChI is InChI=1S/C24H20N2O5/c1-30-18-13-11-16(12-14-18)23(28)26-19-9-5-6-10-21(19)31-24(29)20(26)15-22(27)25-17-7-3-2-4-8-17/h2-14,20H,15H2,1H3,(H,25,27)/t20-/m1/s1. The van der Waals surface area contributed by atoms with E-state index in [0.29, 0.717) is 22.7 Å². The molecular weight excluding hydrogens is 396 g/mol. The summed E-state index contributed by atoms with van der Waals surface area (Å²) in [6, 6.07) is 21.1. The van der Waals surface area contributed by atoms with Gasteiger partial charge in [-0.3, -0.25) is 14.5 Å². The second-order valence-electron chi connectivity index (χ2n) is 6.93. The van der Waals surface area contributed by atoms with Crippen molar-refractivity contribution in [3.05, 3.63) is 84.4 Å². The quantitative estimate of drug-likeness (QED) is 0.507. The van der Waals surface area contributed by atoms with Crippen molar-refractivity contribution in [2.24, 2.45) is 0 Å². The van der Waals surface area contributed by atoms with Crippen molar-refractivity contribution in [3.63, 3.8) is 0 Å². The van der Waals surface area contributed by atoms with Gasteiger partial charge in [-0.2, -0.15) is 0 Å². The van der Waals surface area contributed by atoms with Gasteiger partial charge in [0.15, 0.2) is 5.75 Å². The fourth-order valence-electron chi connectivity index (χ4n) is 3.40. The molecule has 0 fully saturated rings. The van der Waals surface area contributed by atoms with Gasteiger partial charge in [0.05, 0.1) is 19.2 Å². The Hall–Kier alpha value is -4.13. The minimum absolute atomic E-state index is 0.246. The van der Waals surface area contributed by atoms with Crippen LogP contribution in [0.15, 0.2) is 78.9 Å². The number of ether oxygens (including phenoxy) is 2. The van der Waals surface area contributed by atoms with E-state index in [9.17, 15) is 14.4 Å². The molecule has 156 valence electrons. The number of rotatable bonds is 5. The van der Waals surface area contributed by atoms with Gasteiger partial charge in [-0.25, -0.2) is 4.79 Å². The minimum Gasteiger partial charge on any atom is -0.497 e. The molecule has 3 aromatic carbocycles. The molecule has 0 bridgehead atoms. The summed E-state index contributed by atoms with van der Waals surface area (Å²) >= 11 is 0. The van der Waals surface area contributed by atoms with Crippen LogP contribution in [0.3, 0.4) is 0 Å². The van der Waals surface area contributed by atoms with Crippen LogP contribution < -0.4 is 19.7 Å². The molecule has 0 aromatic heterocycles. The molecule has 1 N–H and O–H groups in total. The number of methoxy groups -OCH3 is 1. The third-order valence-electron chi connectivity index (χ3n) is 4.91. The summed E-state index contributed by atoms with van der Waals surface area (Å²) in [5, 5.41) is 2.75. The van der Waals surface area contributed by atoms with Crippen LogP contribution in [0.5, 0.6) is 11.5 Å². The zero-order valence-electron chi connectivity index (χ0n) is 16.8. The Morgan fingerprint density at radius 1 is 0.968 bits per heavy atom. The topological polar surface area (TPSA) is 84.9 Å². The predicted molar refractivity (Wildman–Crippen MR) is 115 cm³/mol. The normalized spacial score (nSPS) is 14.9. The molecule has 0 unspecified atom stereocenters. The third-order valence-corrected chi connectivity index (χ3v) is 4.91. The molecule has 1 atom stereocenters. The second-order valence-corrected chi connectivity index (χ2v) is 6.93. The van der Waals surface area contributed by atoms with Crippen LogP contribution in [-0.2, 0) is 9.59 Å². The predicted octanol–water partition coefficient (Wildman–Crippen LogP) is 3.66. The van der Waals surface area contributed by atoms with Crippen molar-refractivity contribution in [2.75, 3.05) is 17.3 Å². The van der Waals surface area contributed by atoms with E-state index >= 15 is 0 Å². The first kappa shape index (κ1) is 20.2. The molecule has 2 amide bonds. The number of amides is 2. The average molecular weight is 416 g/mol. The van der Waals surface area contributed by atoms with Crippen molar-refractivity contribution in [2.45, 2.75) is 12.5 Å². The van der Waals surface area contributed by atoms with Crippen molar-refractivity contribution < 1.29 is 23.9 Å². The van der Waals surface area contributed by atoms with E-state index in [4.69, 9.17) is 9.47 Å². The summed E-state index contributed by atoms with van der Waals surface area (Å²) in [6.07, 6.45) is -0.246. The maximum absolute atomic E-state index is 13.4. The molecule has 3 aromatic rings. The van der Waals surface area contributed by atoms with Gasteiger partial charge in [-0.05, 0) is 48.5 Å². The number of hydrogen-bond donors (Lipinski definition) is 1. The van der Waals surface area contributed by atoms with Gasteiger partial charge in [-0.1, -0.05) is 30.3 Å². The molecule has 0 radical (unpaired) electrons. The summed E-state index contributed by atoms with van der Waals surface area (Å²) in [7, 11) is 1.54. The molecule has 31 heavy (non-hydrogen) atoms. The van der Waals surface area contributed by atoms with Gasteiger partial charge < -0.3 is 14.8 Å². The maximum atomic E-state index is 13.4. The van der Waals surface area contributed by atoms with E-state index in [1.165, 1.54) is 12.0 Å². The van der Waals surface area contributed by atoms with E-state index in [2.05, 4.69) is 5.32 Å². The van der Waals surface area contributed by atoms with E-state index in [-0.39, 0.29) is 12.2 Å². The van der Waals surface area contributed by atoms with E-state index in [1.807, 2.05) is 6.07 Å². The lowest BCUT2D eigenvalue weighted by Crippen LogP contribution is -2.51.